The van der Waals surface area contributed by atoms with E-state index < -0.39 is 0 Å². The average Bonchev–Trinajstić information content (AvgIpc) is 2.76. The van der Waals surface area contributed by atoms with Crippen molar-refractivity contribution in [1.29, 1.82) is 0 Å². The van der Waals surface area contributed by atoms with E-state index in [0.717, 1.165) is 18.7 Å². The van der Waals surface area contributed by atoms with Gasteiger partial charge in [-0.3, -0.25) is 16.0 Å². The van der Waals surface area contributed by atoms with Gasteiger partial charge in [0.25, 0.3) is 0 Å². The first-order valence-corrected chi connectivity index (χ1v) is 7.97. The lowest BCUT2D eigenvalue weighted by Crippen LogP contribution is -2.49. The van der Waals surface area contributed by atoms with Crippen molar-refractivity contribution >= 4 is 0 Å². The topological polar surface area (TPSA) is 55.9 Å². The molecule has 0 amide bonds. The number of hydrogen-bond acceptors (Lipinski definition) is 3. The maximum absolute atomic E-state index is 5.89. The van der Waals surface area contributed by atoms with Crippen molar-refractivity contribution in [1.82, 2.24) is 15.2 Å². The van der Waals surface area contributed by atoms with Gasteiger partial charge in [-0.2, -0.15) is 5.10 Å². The third-order valence-electron chi connectivity index (χ3n) is 5.00. The van der Waals surface area contributed by atoms with Crippen molar-refractivity contribution in [3.63, 3.8) is 0 Å². The second-order valence-corrected chi connectivity index (χ2v) is 6.91. The molecular weight excluding hydrogens is 248 g/mol. The number of nitrogens with two attached hydrogens (primary N) is 1. The molecule has 2 atom stereocenters. The van der Waals surface area contributed by atoms with Crippen LogP contribution in [0.15, 0.2) is 6.07 Å². The van der Waals surface area contributed by atoms with Crippen LogP contribution in [0.4, 0.5) is 0 Å². The predicted octanol–water partition coefficient (Wildman–Crippen LogP) is 2.80. The fraction of sp³-hybridized carbons (Fsp3) is 0.812. The summed E-state index contributed by atoms with van der Waals surface area (Å²) in [4.78, 5) is 0. The van der Waals surface area contributed by atoms with Gasteiger partial charge in [0.15, 0.2) is 0 Å². The van der Waals surface area contributed by atoms with Gasteiger partial charge >= 0.3 is 0 Å². The monoisotopic (exact) mass is 278 g/mol. The van der Waals surface area contributed by atoms with Crippen LogP contribution in [0.3, 0.4) is 0 Å². The van der Waals surface area contributed by atoms with E-state index in [9.17, 15) is 0 Å². The molecule has 1 heterocycles. The van der Waals surface area contributed by atoms with Gasteiger partial charge in [0.1, 0.15) is 0 Å². The Labute approximate surface area is 123 Å². The summed E-state index contributed by atoms with van der Waals surface area (Å²) in [6.07, 6.45) is 6.24. The highest BCUT2D eigenvalue weighted by molar-refractivity contribution is 5.11. The third kappa shape index (κ3) is 3.23. The zero-order valence-corrected chi connectivity index (χ0v) is 13.4. The maximum atomic E-state index is 5.89. The summed E-state index contributed by atoms with van der Waals surface area (Å²) < 4.78 is 2.11. The fourth-order valence-electron chi connectivity index (χ4n) is 3.85. The maximum Gasteiger partial charge on any atom is 0.0596 e. The molecule has 3 N–H and O–H groups in total. The third-order valence-corrected chi connectivity index (χ3v) is 5.00. The summed E-state index contributed by atoms with van der Waals surface area (Å²) in [5.74, 6) is 6.53. The van der Waals surface area contributed by atoms with Gasteiger partial charge in [-0.1, -0.05) is 26.7 Å². The minimum atomic E-state index is 0.340. The fourth-order valence-corrected chi connectivity index (χ4v) is 3.85. The number of rotatable bonds is 5. The average molecular weight is 278 g/mol. The molecule has 4 heteroatoms. The van der Waals surface area contributed by atoms with E-state index in [1.165, 1.54) is 31.4 Å². The molecule has 0 saturated heterocycles. The van der Waals surface area contributed by atoms with Crippen LogP contribution < -0.4 is 11.3 Å². The minimum absolute atomic E-state index is 0.340. The lowest BCUT2D eigenvalue weighted by molar-refractivity contribution is 0.0973. The van der Waals surface area contributed by atoms with Gasteiger partial charge in [-0.15, -0.1) is 0 Å². The van der Waals surface area contributed by atoms with E-state index in [-0.39, 0.29) is 0 Å². The standard InChI is InChI=1S/C16H30N4/c1-5-20-13(10-12(2)19-20)11-15(18-17)14-8-6-7-9-16(14,3)4/h10,14-15,18H,5-9,11,17H2,1-4H3. The molecule has 1 aliphatic carbocycles. The second-order valence-electron chi connectivity index (χ2n) is 6.91. The molecule has 1 aliphatic rings. The molecule has 2 rings (SSSR count). The van der Waals surface area contributed by atoms with Gasteiger partial charge in [-0.05, 0) is 44.1 Å². The molecule has 114 valence electrons. The summed E-state index contributed by atoms with van der Waals surface area (Å²) >= 11 is 0. The molecular formula is C16H30N4. The molecule has 0 aliphatic heterocycles. The van der Waals surface area contributed by atoms with Crippen molar-refractivity contribution < 1.29 is 0 Å². The second kappa shape index (κ2) is 6.27. The Bertz CT molecular complexity index is 436. The van der Waals surface area contributed by atoms with E-state index in [4.69, 9.17) is 5.84 Å². The Morgan fingerprint density at radius 3 is 2.85 bits per heavy atom. The number of aryl methyl sites for hydroxylation is 2. The predicted molar refractivity (Wildman–Crippen MR) is 83.2 cm³/mol. The highest BCUT2D eigenvalue weighted by Crippen LogP contribution is 2.42. The van der Waals surface area contributed by atoms with Crippen LogP contribution in [0.25, 0.3) is 0 Å². The van der Waals surface area contributed by atoms with Crippen LogP contribution in [0, 0.1) is 18.3 Å². The summed E-state index contributed by atoms with van der Waals surface area (Å²) in [6.45, 7) is 9.91. The van der Waals surface area contributed by atoms with Gasteiger partial charge in [0, 0.05) is 24.7 Å². The number of hydrogen-bond donors (Lipinski definition) is 2. The Kier molecular flexibility index (Phi) is 4.86. The van der Waals surface area contributed by atoms with Crippen molar-refractivity contribution in [2.45, 2.75) is 72.4 Å². The van der Waals surface area contributed by atoms with Gasteiger partial charge in [-0.25, -0.2) is 0 Å². The molecule has 1 aromatic heterocycles. The van der Waals surface area contributed by atoms with Crippen molar-refractivity contribution in [3.05, 3.63) is 17.5 Å². The summed E-state index contributed by atoms with van der Waals surface area (Å²) in [5, 5.41) is 4.55. The first-order valence-electron chi connectivity index (χ1n) is 7.97. The first-order chi connectivity index (χ1) is 9.47. The normalized spacial score (nSPS) is 23.8. The first kappa shape index (κ1) is 15.5. The molecule has 2 unspecified atom stereocenters. The Morgan fingerprint density at radius 1 is 1.50 bits per heavy atom. The molecule has 0 radical (unpaired) electrons. The summed E-state index contributed by atoms with van der Waals surface area (Å²) in [6, 6.07) is 2.54. The van der Waals surface area contributed by atoms with Crippen LogP contribution in [0.5, 0.6) is 0 Å². The van der Waals surface area contributed by atoms with Gasteiger partial charge in [0.05, 0.1) is 5.69 Å². The summed E-state index contributed by atoms with van der Waals surface area (Å²) in [5.41, 5.74) is 5.87. The highest BCUT2D eigenvalue weighted by atomic mass is 15.3. The smallest absolute Gasteiger partial charge is 0.0596 e. The molecule has 0 aromatic carbocycles. The summed E-state index contributed by atoms with van der Waals surface area (Å²) in [7, 11) is 0. The van der Waals surface area contributed by atoms with Crippen LogP contribution in [0.2, 0.25) is 0 Å². The van der Waals surface area contributed by atoms with Gasteiger partial charge in [0.2, 0.25) is 0 Å². The molecule has 0 bridgehead atoms. The number of hydrazine groups is 1. The highest BCUT2D eigenvalue weighted by Gasteiger charge is 2.37. The van der Waals surface area contributed by atoms with E-state index in [1.807, 2.05) is 0 Å². The largest absolute Gasteiger partial charge is 0.271 e. The minimum Gasteiger partial charge on any atom is -0.271 e. The van der Waals surface area contributed by atoms with E-state index in [2.05, 4.69) is 49.0 Å². The molecule has 20 heavy (non-hydrogen) atoms. The van der Waals surface area contributed by atoms with Crippen LogP contribution in [-0.2, 0) is 13.0 Å². The lowest BCUT2D eigenvalue weighted by atomic mass is 9.65. The molecule has 1 saturated carbocycles. The zero-order chi connectivity index (χ0) is 14.8. The number of nitrogens with one attached hydrogen (secondary N) is 1. The Balaban J connectivity index is 2.15. The Hall–Kier alpha value is -0.870. The SMILES string of the molecule is CCn1nc(C)cc1CC(NN)C1CCCCC1(C)C. The van der Waals surface area contributed by atoms with Crippen molar-refractivity contribution in [2.24, 2.45) is 17.2 Å². The zero-order valence-electron chi connectivity index (χ0n) is 13.4. The lowest BCUT2D eigenvalue weighted by Gasteiger charge is -2.43. The van der Waals surface area contributed by atoms with E-state index in [0.29, 0.717) is 17.4 Å². The quantitative estimate of drug-likeness (QED) is 0.643. The van der Waals surface area contributed by atoms with E-state index in [1.54, 1.807) is 0 Å². The van der Waals surface area contributed by atoms with Crippen molar-refractivity contribution in [2.75, 3.05) is 0 Å². The molecule has 1 aromatic rings. The van der Waals surface area contributed by atoms with Crippen LogP contribution in [0.1, 0.15) is 57.8 Å². The molecule has 0 spiro atoms. The van der Waals surface area contributed by atoms with E-state index >= 15 is 0 Å². The Morgan fingerprint density at radius 2 is 2.25 bits per heavy atom. The molecule has 1 fully saturated rings. The van der Waals surface area contributed by atoms with Gasteiger partial charge < -0.3 is 0 Å². The number of aromatic nitrogens is 2. The number of nitrogens with zero attached hydrogens (tertiary/aromatic N) is 2. The van der Waals surface area contributed by atoms with Crippen LogP contribution >= 0.6 is 0 Å². The molecule has 4 nitrogen and oxygen atoms in total. The van der Waals surface area contributed by atoms with Crippen molar-refractivity contribution in [3.8, 4) is 0 Å². The van der Waals surface area contributed by atoms with Crippen LogP contribution in [-0.4, -0.2) is 15.8 Å².